The fourth-order valence-electron chi connectivity index (χ4n) is 15.7. The van der Waals surface area contributed by atoms with Crippen molar-refractivity contribution in [2.45, 2.75) is 62.3 Å². The standard InChI is InChI=1S/5C16H13N.4C10H9N/c1-12-11-15(13-7-3-2-4-8-13)14-9-5-6-10-16(14)17-12;1-12-11-16(13-7-3-2-4-8-13)17-15-10-6-5-9-14(12)15;1-12-10-14(13-6-3-2-4-7-13)11-16-15(12)8-5-9-17-16;1-12-10-14-8-5-9-17-16(14)15(11-12)13-6-3-2-4-7-13;1-12-10-14-8-5-9-15(16(14)17-11-12)13-6-3-2-4-7-13;1-8-2-3-10-7-11-5-4-9(10)6-8;1-8-2-3-9-4-5-11-7-10(9)6-8;1-8-3-2-4-9-7-11-6-5-10(8)9;1-8-3-2-4-9-5-6-11-7-10(8)9/h5*2-11H,1H3;4*2-7H,1H3. The molecule has 0 unspecified atom stereocenters. The Kier molecular flexibility index (Phi) is 29.5. The molecule has 14 aromatic carbocycles. The first-order valence-corrected chi connectivity index (χ1v) is 43.5. The summed E-state index contributed by atoms with van der Waals surface area (Å²) in [5, 5.41) is 16.0. The van der Waals surface area contributed by atoms with E-state index < -0.39 is 0 Å². The predicted octanol–water partition coefficient (Wildman–Crippen LogP) is 31.2. The summed E-state index contributed by atoms with van der Waals surface area (Å²) in [6, 6.07) is 132. The Labute approximate surface area is 756 Å². The van der Waals surface area contributed by atoms with Gasteiger partial charge in [0.1, 0.15) is 0 Å². The Morgan fingerprint density at radius 1 is 0.178 bits per heavy atom. The molecule has 0 radical (unpaired) electrons. The summed E-state index contributed by atoms with van der Waals surface area (Å²) < 4.78 is 0. The van der Waals surface area contributed by atoms with Gasteiger partial charge < -0.3 is 0 Å². The molecule has 0 bridgehead atoms. The number of pyridine rings is 9. The predicted molar refractivity (Wildman–Crippen MR) is 546 cm³/mol. The summed E-state index contributed by atoms with van der Waals surface area (Å²) in [6.07, 6.45) is 20.5. The van der Waals surface area contributed by atoms with E-state index in [9.17, 15) is 0 Å². The molecule has 0 aliphatic heterocycles. The van der Waals surface area contributed by atoms with Gasteiger partial charge in [-0.1, -0.05) is 302 Å². The smallest absolute Gasteiger partial charge is 0.0780 e. The normalized spacial score (nSPS) is 10.5. The number of fused-ring (bicyclic) bond motifs is 9. The molecule has 9 nitrogen and oxygen atoms in total. The number of para-hydroxylation sites is 3. The number of nitrogens with zero attached hydrogens (tertiary/aromatic N) is 9. The number of aromatic nitrogens is 9. The molecular weight excluding hydrogens is 1570 g/mol. The number of hydrogen-bond acceptors (Lipinski definition) is 9. The van der Waals surface area contributed by atoms with Gasteiger partial charge in [-0.3, -0.25) is 39.9 Å². The second-order valence-corrected chi connectivity index (χ2v) is 31.9. The van der Waals surface area contributed by atoms with Gasteiger partial charge in [0.2, 0.25) is 0 Å². The SMILES string of the molecule is Cc1cc(-c2ccccc2)c2ccccc2n1.Cc1cc(-c2ccccc2)c2ncccc2c1.Cc1cc(-c2ccccc2)cc2ncccc12.Cc1cc(-c2ccccc2)nc2ccccc12.Cc1ccc2ccncc2c1.Cc1ccc2cnccc2c1.Cc1cccc2ccncc12.Cc1cccc2cnccc12.Cc1cnc2c(-c3ccccc3)cccc2c1. The van der Waals surface area contributed by atoms with Crippen LogP contribution in [-0.2, 0) is 0 Å². The van der Waals surface area contributed by atoms with E-state index in [0.29, 0.717) is 0 Å². The first-order valence-electron chi connectivity index (χ1n) is 43.5. The summed E-state index contributed by atoms with van der Waals surface area (Å²) in [7, 11) is 0. The Bertz CT molecular complexity index is 7210. The Hall–Kier alpha value is -16.2. The summed E-state index contributed by atoms with van der Waals surface area (Å²) in [5.74, 6) is 0. The minimum absolute atomic E-state index is 1.04. The van der Waals surface area contributed by atoms with Gasteiger partial charge in [-0.15, -0.1) is 0 Å². The van der Waals surface area contributed by atoms with Crippen LogP contribution in [0.4, 0.5) is 0 Å². The van der Waals surface area contributed by atoms with Gasteiger partial charge in [-0.25, -0.2) is 4.98 Å². The highest BCUT2D eigenvalue weighted by Crippen LogP contribution is 2.33. The Morgan fingerprint density at radius 3 is 1.30 bits per heavy atom. The molecule has 9 heteroatoms. The van der Waals surface area contributed by atoms with Crippen molar-refractivity contribution in [1.82, 2.24) is 44.9 Å². The molecule has 129 heavy (non-hydrogen) atoms. The van der Waals surface area contributed by atoms with Gasteiger partial charge >= 0.3 is 0 Å². The zero-order chi connectivity index (χ0) is 89.1. The van der Waals surface area contributed by atoms with E-state index in [-0.39, 0.29) is 0 Å². The molecule has 0 spiro atoms. The third kappa shape index (κ3) is 23.2. The van der Waals surface area contributed by atoms with Crippen LogP contribution >= 0.6 is 0 Å². The molecule has 23 rings (SSSR count). The molecule has 23 aromatic rings. The molecule has 0 aliphatic rings. The molecule has 0 atom stereocenters. The summed E-state index contributed by atoms with van der Waals surface area (Å²) in [4.78, 5) is 39.0. The minimum Gasteiger partial charge on any atom is -0.264 e. The summed E-state index contributed by atoms with van der Waals surface area (Å²) in [6.45, 7) is 18.9. The number of hydrogen-bond donors (Lipinski definition) is 0. The van der Waals surface area contributed by atoms with Gasteiger partial charge in [0.05, 0.1) is 33.3 Å². The topological polar surface area (TPSA) is 116 Å². The van der Waals surface area contributed by atoms with E-state index >= 15 is 0 Å². The molecule has 0 aliphatic carbocycles. The maximum absolute atomic E-state index is 4.71. The summed E-state index contributed by atoms with van der Waals surface area (Å²) >= 11 is 0. The molecule has 0 amide bonds. The first-order chi connectivity index (χ1) is 63.2. The fraction of sp³-hybridized carbons (Fsp3) is 0.0750. The van der Waals surface area contributed by atoms with Crippen molar-refractivity contribution in [2.24, 2.45) is 0 Å². The third-order valence-corrected chi connectivity index (χ3v) is 22.2. The molecule has 0 fully saturated rings. The van der Waals surface area contributed by atoms with Crippen LogP contribution in [0.1, 0.15) is 50.2 Å². The zero-order valence-corrected chi connectivity index (χ0v) is 74.2. The van der Waals surface area contributed by atoms with E-state index in [0.717, 1.165) is 39.0 Å². The zero-order valence-electron chi connectivity index (χ0n) is 74.2. The van der Waals surface area contributed by atoms with E-state index in [1.54, 1.807) is 0 Å². The molecule has 9 heterocycles. The highest BCUT2D eigenvalue weighted by Gasteiger charge is 2.11. The van der Waals surface area contributed by atoms with Crippen molar-refractivity contribution in [3.05, 3.63) is 501 Å². The average Bonchev–Trinajstić information content (AvgIpc) is 0.779. The maximum Gasteiger partial charge on any atom is 0.0780 e. The highest BCUT2D eigenvalue weighted by molar-refractivity contribution is 5.97. The lowest BCUT2D eigenvalue weighted by molar-refractivity contribution is 1.26. The van der Waals surface area contributed by atoms with Crippen LogP contribution in [0.25, 0.3) is 153 Å². The van der Waals surface area contributed by atoms with Crippen molar-refractivity contribution in [1.29, 1.82) is 0 Å². The second kappa shape index (κ2) is 43.4. The van der Waals surface area contributed by atoms with Crippen LogP contribution in [0.5, 0.6) is 0 Å². The molecule has 0 saturated carbocycles. The van der Waals surface area contributed by atoms with Gasteiger partial charge in [0.15, 0.2) is 0 Å². The summed E-state index contributed by atoms with van der Waals surface area (Å²) in [5.41, 5.74) is 28.6. The van der Waals surface area contributed by atoms with Gasteiger partial charge in [-0.2, -0.15) is 0 Å². The Balaban J connectivity index is 0.000000112. The number of aryl methyl sites for hydroxylation is 9. The van der Waals surface area contributed by atoms with Crippen molar-refractivity contribution >= 4 is 97.6 Å². The van der Waals surface area contributed by atoms with Crippen LogP contribution in [0.15, 0.2) is 450 Å². The highest BCUT2D eigenvalue weighted by atomic mass is 14.7. The van der Waals surface area contributed by atoms with E-state index in [1.165, 1.54) is 165 Å². The largest absolute Gasteiger partial charge is 0.264 e. The van der Waals surface area contributed by atoms with Crippen LogP contribution < -0.4 is 0 Å². The van der Waals surface area contributed by atoms with Crippen molar-refractivity contribution < 1.29 is 0 Å². The van der Waals surface area contributed by atoms with E-state index in [1.807, 2.05) is 166 Å². The molecule has 0 N–H and O–H groups in total. The van der Waals surface area contributed by atoms with Crippen LogP contribution in [0.2, 0.25) is 0 Å². The van der Waals surface area contributed by atoms with E-state index in [2.05, 4.69) is 386 Å². The molecule has 626 valence electrons. The van der Waals surface area contributed by atoms with Gasteiger partial charge in [0.25, 0.3) is 0 Å². The fourth-order valence-corrected chi connectivity index (χ4v) is 15.7. The average molecular weight is 1670 g/mol. The van der Waals surface area contributed by atoms with Gasteiger partial charge in [-0.05, 0) is 242 Å². The van der Waals surface area contributed by atoms with Crippen molar-refractivity contribution in [3.63, 3.8) is 0 Å². The van der Waals surface area contributed by atoms with E-state index in [4.69, 9.17) is 4.98 Å². The van der Waals surface area contributed by atoms with Crippen LogP contribution in [0.3, 0.4) is 0 Å². The quantitative estimate of drug-likeness (QED) is 0.166. The van der Waals surface area contributed by atoms with Gasteiger partial charge in [0, 0.05) is 139 Å². The molecule has 0 saturated heterocycles. The molecular formula is C120H101N9. The Morgan fingerprint density at radius 2 is 0.636 bits per heavy atom. The first kappa shape index (κ1) is 87.7. The number of rotatable bonds is 5. The lowest BCUT2D eigenvalue weighted by atomic mass is 9.99. The minimum atomic E-state index is 1.04. The lowest BCUT2D eigenvalue weighted by Crippen LogP contribution is -1.88. The van der Waals surface area contributed by atoms with Crippen molar-refractivity contribution in [3.8, 4) is 55.8 Å². The van der Waals surface area contributed by atoms with Crippen LogP contribution in [-0.4, -0.2) is 44.9 Å². The van der Waals surface area contributed by atoms with Crippen LogP contribution in [0, 0.1) is 62.3 Å². The third-order valence-electron chi connectivity index (χ3n) is 22.2. The van der Waals surface area contributed by atoms with Crippen molar-refractivity contribution in [2.75, 3.05) is 0 Å². The number of benzene rings is 14. The molecule has 9 aromatic heterocycles. The lowest BCUT2D eigenvalue weighted by Gasteiger charge is -2.07. The maximum atomic E-state index is 4.71. The second-order valence-electron chi connectivity index (χ2n) is 31.9. The monoisotopic (exact) mass is 1670 g/mol.